The molecule has 0 aliphatic carbocycles. The van der Waals surface area contributed by atoms with Crippen molar-refractivity contribution in [3.05, 3.63) is 0 Å². The van der Waals surface area contributed by atoms with Gasteiger partial charge >= 0.3 is 0 Å². The lowest BCUT2D eigenvalue weighted by Gasteiger charge is -2.09. The van der Waals surface area contributed by atoms with E-state index in [1.165, 1.54) is 5.01 Å². The first-order chi connectivity index (χ1) is 2.64. The molecular weight excluding hydrogens is 99.5 g/mol. The monoisotopic (exact) mass is 108 g/mol. The van der Waals surface area contributed by atoms with Gasteiger partial charge in [-0.05, 0) is 6.92 Å². The highest BCUT2D eigenvalue weighted by atomic mass is 35.5. The van der Waals surface area contributed by atoms with Gasteiger partial charge in [-0.25, -0.2) is 5.01 Å². The zero-order chi connectivity index (χ0) is 5.15. The van der Waals surface area contributed by atoms with Crippen molar-refractivity contribution in [3.63, 3.8) is 0 Å². The average Bonchev–Trinajstić information content (AvgIpc) is 1.36. The Kier molecular flexibility index (Phi) is 2.48. The van der Waals surface area contributed by atoms with Crippen LogP contribution in [-0.4, -0.2) is 17.6 Å². The minimum Gasteiger partial charge on any atom is -0.268 e. The van der Waals surface area contributed by atoms with Gasteiger partial charge in [-0.15, -0.1) is 11.6 Å². The van der Waals surface area contributed by atoms with Gasteiger partial charge in [-0.3, -0.25) is 5.84 Å². The van der Waals surface area contributed by atoms with Crippen LogP contribution in [0.4, 0.5) is 0 Å². The fourth-order valence-corrected chi connectivity index (χ4v) is 0. The van der Waals surface area contributed by atoms with Crippen LogP contribution in [0.25, 0.3) is 0 Å². The van der Waals surface area contributed by atoms with E-state index in [9.17, 15) is 0 Å². The minimum atomic E-state index is -0.0648. The molecular formula is C3H9ClN2. The molecule has 0 aromatic carbocycles. The SMILES string of the molecule is CC(Cl)N(C)N. The van der Waals surface area contributed by atoms with Gasteiger partial charge in [0.05, 0.1) is 5.50 Å². The van der Waals surface area contributed by atoms with E-state index >= 15 is 0 Å². The Morgan fingerprint density at radius 1 is 1.83 bits per heavy atom. The Hall–Kier alpha value is 0.210. The Labute approximate surface area is 42.8 Å². The number of halogens is 1. The highest BCUT2D eigenvalue weighted by Gasteiger charge is 1.93. The lowest BCUT2D eigenvalue weighted by Crippen LogP contribution is -2.31. The lowest BCUT2D eigenvalue weighted by atomic mass is 10.7. The topological polar surface area (TPSA) is 29.3 Å². The standard InChI is InChI=1S/C3H9ClN2/c1-3(4)6(2)5/h3H,5H2,1-2H3. The van der Waals surface area contributed by atoms with Crippen molar-refractivity contribution in [1.82, 2.24) is 5.01 Å². The molecule has 0 bridgehead atoms. The van der Waals surface area contributed by atoms with E-state index in [0.29, 0.717) is 0 Å². The molecule has 0 aromatic heterocycles. The molecule has 0 spiro atoms. The van der Waals surface area contributed by atoms with Crippen LogP contribution in [0.2, 0.25) is 0 Å². The summed E-state index contributed by atoms with van der Waals surface area (Å²) in [5.41, 5.74) is -0.0648. The van der Waals surface area contributed by atoms with Gasteiger partial charge in [0.2, 0.25) is 0 Å². The molecule has 0 aliphatic heterocycles. The fraction of sp³-hybridized carbons (Fsp3) is 1.00. The summed E-state index contributed by atoms with van der Waals surface area (Å²) in [4.78, 5) is 0. The summed E-state index contributed by atoms with van der Waals surface area (Å²) in [7, 11) is 1.72. The molecule has 0 saturated carbocycles. The smallest absolute Gasteiger partial charge is 0.0948 e. The van der Waals surface area contributed by atoms with Gasteiger partial charge in [-0.1, -0.05) is 0 Å². The summed E-state index contributed by atoms with van der Waals surface area (Å²) in [6.07, 6.45) is 0. The van der Waals surface area contributed by atoms with Crippen molar-refractivity contribution in [2.24, 2.45) is 5.84 Å². The first-order valence-electron chi connectivity index (χ1n) is 1.76. The lowest BCUT2D eigenvalue weighted by molar-refractivity contribution is 0.337. The van der Waals surface area contributed by atoms with E-state index in [4.69, 9.17) is 17.4 Å². The van der Waals surface area contributed by atoms with Crippen LogP contribution in [0.15, 0.2) is 0 Å². The number of rotatable bonds is 1. The van der Waals surface area contributed by atoms with Gasteiger partial charge in [0.15, 0.2) is 0 Å². The molecule has 2 N–H and O–H groups in total. The molecule has 1 unspecified atom stereocenters. The first kappa shape index (κ1) is 6.21. The zero-order valence-electron chi connectivity index (χ0n) is 3.98. The molecule has 0 fully saturated rings. The van der Waals surface area contributed by atoms with Crippen LogP contribution < -0.4 is 5.84 Å². The first-order valence-corrected chi connectivity index (χ1v) is 2.20. The average molecular weight is 109 g/mol. The van der Waals surface area contributed by atoms with Gasteiger partial charge in [0, 0.05) is 7.05 Å². The maximum Gasteiger partial charge on any atom is 0.0948 e. The Bertz CT molecular complexity index is 29.8. The van der Waals surface area contributed by atoms with E-state index in [0.717, 1.165) is 0 Å². The van der Waals surface area contributed by atoms with Crippen LogP contribution in [-0.2, 0) is 0 Å². The quantitative estimate of drug-likeness (QED) is 0.228. The number of hydrazine groups is 1. The van der Waals surface area contributed by atoms with Crippen molar-refractivity contribution in [3.8, 4) is 0 Å². The summed E-state index contributed by atoms with van der Waals surface area (Å²) in [5, 5.41) is 1.43. The van der Waals surface area contributed by atoms with Crippen LogP contribution >= 0.6 is 11.6 Å². The molecule has 0 rings (SSSR count). The van der Waals surface area contributed by atoms with E-state index in [1.54, 1.807) is 7.05 Å². The van der Waals surface area contributed by atoms with E-state index in [2.05, 4.69) is 0 Å². The minimum absolute atomic E-state index is 0.0648. The Morgan fingerprint density at radius 2 is 2.00 bits per heavy atom. The molecule has 0 aliphatic rings. The third-order valence-corrected chi connectivity index (χ3v) is 0.869. The van der Waals surface area contributed by atoms with Crippen molar-refractivity contribution < 1.29 is 0 Å². The summed E-state index contributed by atoms with van der Waals surface area (Å²) >= 11 is 5.41. The normalized spacial score (nSPS) is 15.5. The fourth-order valence-electron chi connectivity index (χ4n) is 0. The molecule has 0 aromatic rings. The third kappa shape index (κ3) is 2.45. The molecule has 2 nitrogen and oxygen atoms in total. The van der Waals surface area contributed by atoms with E-state index < -0.39 is 0 Å². The largest absolute Gasteiger partial charge is 0.268 e. The molecule has 0 amide bonds. The predicted molar refractivity (Wildman–Crippen MR) is 27.3 cm³/mol. The zero-order valence-corrected chi connectivity index (χ0v) is 4.74. The maximum atomic E-state index is 5.41. The molecule has 6 heavy (non-hydrogen) atoms. The van der Waals surface area contributed by atoms with E-state index in [-0.39, 0.29) is 5.50 Å². The van der Waals surface area contributed by atoms with Crippen molar-refractivity contribution in [2.75, 3.05) is 7.05 Å². The molecule has 1 atom stereocenters. The predicted octanol–water partition coefficient (Wildman–Crippen LogP) is 0.377. The van der Waals surface area contributed by atoms with Gasteiger partial charge in [-0.2, -0.15) is 0 Å². The Morgan fingerprint density at radius 3 is 2.00 bits per heavy atom. The van der Waals surface area contributed by atoms with Crippen molar-refractivity contribution in [2.45, 2.75) is 12.4 Å². The van der Waals surface area contributed by atoms with Gasteiger partial charge < -0.3 is 0 Å². The summed E-state index contributed by atoms with van der Waals surface area (Å²) in [5.74, 6) is 5.14. The maximum absolute atomic E-state index is 5.41. The van der Waals surface area contributed by atoms with Gasteiger partial charge in [0.1, 0.15) is 0 Å². The highest BCUT2D eigenvalue weighted by molar-refractivity contribution is 6.19. The molecule has 0 radical (unpaired) electrons. The molecule has 0 heterocycles. The van der Waals surface area contributed by atoms with Crippen LogP contribution in [0.3, 0.4) is 0 Å². The number of hydrogen-bond acceptors (Lipinski definition) is 2. The van der Waals surface area contributed by atoms with Crippen molar-refractivity contribution in [1.29, 1.82) is 0 Å². The highest BCUT2D eigenvalue weighted by Crippen LogP contribution is 1.90. The number of alkyl halides is 1. The Balaban J connectivity index is 2.99. The second-order valence-corrected chi connectivity index (χ2v) is 1.87. The summed E-state index contributed by atoms with van der Waals surface area (Å²) in [6, 6.07) is 0. The number of nitrogens with zero attached hydrogens (tertiary/aromatic N) is 1. The number of nitrogens with two attached hydrogens (primary N) is 1. The van der Waals surface area contributed by atoms with Gasteiger partial charge in [0.25, 0.3) is 0 Å². The van der Waals surface area contributed by atoms with E-state index in [1.807, 2.05) is 6.92 Å². The third-order valence-electron chi connectivity index (χ3n) is 0.561. The number of hydrogen-bond donors (Lipinski definition) is 1. The second-order valence-electron chi connectivity index (χ2n) is 1.24. The summed E-state index contributed by atoms with van der Waals surface area (Å²) < 4.78 is 0. The van der Waals surface area contributed by atoms with Crippen LogP contribution in [0, 0.1) is 0 Å². The summed E-state index contributed by atoms with van der Waals surface area (Å²) in [6.45, 7) is 1.81. The van der Waals surface area contributed by atoms with Crippen LogP contribution in [0.5, 0.6) is 0 Å². The van der Waals surface area contributed by atoms with Crippen molar-refractivity contribution >= 4 is 11.6 Å². The molecule has 3 heteroatoms. The molecule has 38 valence electrons. The molecule has 0 saturated heterocycles. The second kappa shape index (κ2) is 2.39. The van der Waals surface area contributed by atoms with Crippen LogP contribution in [0.1, 0.15) is 6.92 Å².